The molecule has 0 radical (unpaired) electrons. The third kappa shape index (κ3) is 3.30. The molecule has 0 spiro atoms. The van der Waals surface area contributed by atoms with Crippen molar-refractivity contribution in [2.45, 2.75) is 6.92 Å². The fourth-order valence-electron chi connectivity index (χ4n) is 2.29. The molecular formula is C14H17N5OS. The second-order valence-electron chi connectivity index (χ2n) is 4.90. The van der Waals surface area contributed by atoms with Crippen LogP contribution in [0.5, 0.6) is 0 Å². The molecule has 0 aromatic carbocycles. The van der Waals surface area contributed by atoms with Crippen LogP contribution in [-0.4, -0.2) is 47.1 Å². The highest BCUT2D eigenvalue weighted by atomic mass is 32.1. The van der Waals surface area contributed by atoms with E-state index in [4.69, 9.17) is 0 Å². The summed E-state index contributed by atoms with van der Waals surface area (Å²) in [6.45, 7) is 4.92. The Bertz CT molecular complexity index is 608. The highest BCUT2D eigenvalue weighted by Crippen LogP contribution is 2.17. The summed E-state index contributed by atoms with van der Waals surface area (Å²) < 4.78 is 0. The Hall–Kier alpha value is -2.15. The molecule has 6 nitrogen and oxygen atoms in total. The van der Waals surface area contributed by atoms with Crippen LogP contribution < -0.4 is 10.2 Å². The molecule has 0 atom stereocenters. The molecule has 21 heavy (non-hydrogen) atoms. The van der Waals surface area contributed by atoms with Crippen LogP contribution in [0.15, 0.2) is 29.9 Å². The fourth-order valence-corrected chi connectivity index (χ4v) is 2.89. The zero-order valence-corrected chi connectivity index (χ0v) is 12.6. The summed E-state index contributed by atoms with van der Waals surface area (Å²) in [7, 11) is 0. The third-order valence-electron chi connectivity index (χ3n) is 3.43. The minimum atomic E-state index is -0.0315. The van der Waals surface area contributed by atoms with Crippen molar-refractivity contribution in [2.24, 2.45) is 0 Å². The second-order valence-corrected chi connectivity index (χ2v) is 5.85. The predicted molar refractivity (Wildman–Crippen MR) is 83.9 cm³/mol. The standard InChI is InChI=1S/C14H17N5OS/c1-11-9-12(16-10-15-11)18-4-6-19(7-5-18)14(20)17-13-3-2-8-21-13/h2-3,8-10H,4-7H2,1H3,(H,17,20). The molecule has 1 aliphatic rings. The highest BCUT2D eigenvalue weighted by Gasteiger charge is 2.22. The smallest absolute Gasteiger partial charge is 0.322 e. The summed E-state index contributed by atoms with van der Waals surface area (Å²) >= 11 is 1.53. The van der Waals surface area contributed by atoms with E-state index in [9.17, 15) is 4.79 Å². The number of carbonyl (C=O) groups is 1. The first-order valence-electron chi connectivity index (χ1n) is 6.85. The van der Waals surface area contributed by atoms with Crippen LogP contribution in [-0.2, 0) is 0 Å². The molecule has 3 rings (SSSR count). The maximum absolute atomic E-state index is 12.1. The van der Waals surface area contributed by atoms with Gasteiger partial charge in [-0.3, -0.25) is 5.32 Å². The van der Waals surface area contributed by atoms with Gasteiger partial charge in [0.05, 0.1) is 5.00 Å². The van der Waals surface area contributed by atoms with Gasteiger partial charge in [0, 0.05) is 37.9 Å². The Morgan fingerprint density at radius 1 is 1.29 bits per heavy atom. The van der Waals surface area contributed by atoms with Crippen molar-refractivity contribution in [2.75, 3.05) is 36.4 Å². The molecule has 0 unspecified atom stereocenters. The summed E-state index contributed by atoms with van der Waals surface area (Å²) in [5.74, 6) is 0.931. The van der Waals surface area contributed by atoms with Crippen molar-refractivity contribution in [1.82, 2.24) is 14.9 Å². The number of urea groups is 1. The molecule has 0 aliphatic carbocycles. The van der Waals surface area contributed by atoms with Gasteiger partial charge in [-0.1, -0.05) is 0 Å². The van der Waals surface area contributed by atoms with Crippen molar-refractivity contribution in [3.05, 3.63) is 35.6 Å². The third-order valence-corrected chi connectivity index (χ3v) is 4.22. The molecule has 110 valence electrons. The quantitative estimate of drug-likeness (QED) is 0.924. The number of hydrogen-bond donors (Lipinski definition) is 1. The van der Waals surface area contributed by atoms with Gasteiger partial charge in [0.15, 0.2) is 0 Å². The Labute approximate surface area is 127 Å². The number of aryl methyl sites for hydroxylation is 1. The lowest BCUT2D eigenvalue weighted by atomic mass is 10.3. The zero-order chi connectivity index (χ0) is 14.7. The minimum absolute atomic E-state index is 0.0315. The first-order chi connectivity index (χ1) is 10.2. The van der Waals surface area contributed by atoms with Crippen molar-refractivity contribution >= 4 is 28.2 Å². The summed E-state index contributed by atoms with van der Waals surface area (Å²) in [4.78, 5) is 24.6. The van der Waals surface area contributed by atoms with Gasteiger partial charge in [0.1, 0.15) is 12.1 Å². The van der Waals surface area contributed by atoms with Crippen LogP contribution in [0.3, 0.4) is 0 Å². The van der Waals surface area contributed by atoms with E-state index >= 15 is 0 Å². The average Bonchev–Trinajstić information content (AvgIpc) is 3.00. The maximum atomic E-state index is 12.1. The van der Waals surface area contributed by atoms with Crippen molar-refractivity contribution in [3.8, 4) is 0 Å². The molecule has 2 aromatic rings. The van der Waals surface area contributed by atoms with E-state index in [0.717, 1.165) is 29.6 Å². The monoisotopic (exact) mass is 303 g/mol. The molecule has 1 aliphatic heterocycles. The van der Waals surface area contributed by atoms with Gasteiger partial charge in [0.25, 0.3) is 0 Å². The lowest BCUT2D eigenvalue weighted by Crippen LogP contribution is -2.50. The number of hydrogen-bond acceptors (Lipinski definition) is 5. The Morgan fingerprint density at radius 3 is 2.76 bits per heavy atom. The molecule has 0 bridgehead atoms. The predicted octanol–water partition coefficient (Wildman–Crippen LogP) is 2.20. The first kappa shape index (κ1) is 13.8. The minimum Gasteiger partial charge on any atom is -0.353 e. The maximum Gasteiger partial charge on any atom is 0.322 e. The number of piperazine rings is 1. The van der Waals surface area contributed by atoms with Crippen LogP contribution in [0.4, 0.5) is 15.6 Å². The van der Waals surface area contributed by atoms with Crippen LogP contribution >= 0.6 is 11.3 Å². The molecule has 1 N–H and O–H groups in total. The van der Waals surface area contributed by atoms with Crippen molar-refractivity contribution in [3.63, 3.8) is 0 Å². The van der Waals surface area contributed by atoms with Crippen molar-refractivity contribution < 1.29 is 4.79 Å². The van der Waals surface area contributed by atoms with E-state index in [2.05, 4.69) is 20.2 Å². The van der Waals surface area contributed by atoms with Crippen LogP contribution in [0.25, 0.3) is 0 Å². The van der Waals surface area contributed by atoms with Gasteiger partial charge in [-0.15, -0.1) is 11.3 Å². The van der Waals surface area contributed by atoms with E-state index in [1.165, 1.54) is 11.3 Å². The van der Waals surface area contributed by atoms with Crippen LogP contribution in [0.2, 0.25) is 0 Å². The summed E-state index contributed by atoms with van der Waals surface area (Å²) in [5.41, 5.74) is 0.956. The first-order valence-corrected chi connectivity index (χ1v) is 7.73. The highest BCUT2D eigenvalue weighted by molar-refractivity contribution is 7.14. The zero-order valence-electron chi connectivity index (χ0n) is 11.8. The van der Waals surface area contributed by atoms with Gasteiger partial charge in [-0.05, 0) is 24.4 Å². The Morgan fingerprint density at radius 2 is 2.10 bits per heavy atom. The average molecular weight is 303 g/mol. The molecule has 3 heterocycles. The van der Waals surface area contributed by atoms with Gasteiger partial charge < -0.3 is 9.80 Å². The van der Waals surface area contributed by atoms with Gasteiger partial charge >= 0.3 is 6.03 Å². The van der Waals surface area contributed by atoms with E-state index in [0.29, 0.717) is 13.1 Å². The number of thiophene rings is 1. The van der Waals surface area contributed by atoms with E-state index < -0.39 is 0 Å². The summed E-state index contributed by atoms with van der Waals surface area (Å²) in [5, 5.41) is 5.75. The molecular weight excluding hydrogens is 286 g/mol. The lowest BCUT2D eigenvalue weighted by molar-refractivity contribution is 0.208. The summed E-state index contributed by atoms with van der Waals surface area (Å²) in [6, 6.07) is 5.77. The van der Waals surface area contributed by atoms with Crippen LogP contribution in [0.1, 0.15) is 5.69 Å². The number of amides is 2. The van der Waals surface area contributed by atoms with Gasteiger partial charge in [-0.25, -0.2) is 14.8 Å². The molecule has 7 heteroatoms. The lowest BCUT2D eigenvalue weighted by Gasteiger charge is -2.35. The molecule has 1 saturated heterocycles. The number of carbonyl (C=O) groups excluding carboxylic acids is 1. The van der Waals surface area contributed by atoms with Gasteiger partial charge in [-0.2, -0.15) is 0 Å². The van der Waals surface area contributed by atoms with E-state index in [-0.39, 0.29) is 6.03 Å². The fraction of sp³-hybridized carbons (Fsp3) is 0.357. The topological polar surface area (TPSA) is 61.4 Å². The van der Waals surface area contributed by atoms with Crippen molar-refractivity contribution in [1.29, 1.82) is 0 Å². The second kappa shape index (κ2) is 6.09. The Balaban J connectivity index is 1.56. The van der Waals surface area contributed by atoms with E-state index in [1.807, 2.05) is 35.4 Å². The van der Waals surface area contributed by atoms with Gasteiger partial charge in [0.2, 0.25) is 0 Å². The van der Waals surface area contributed by atoms with Crippen LogP contribution in [0, 0.1) is 6.92 Å². The molecule has 1 fully saturated rings. The molecule has 2 aromatic heterocycles. The normalized spacial score (nSPS) is 15.1. The molecule has 0 saturated carbocycles. The number of nitrogens with one attached hydrogen (secondary N) is 1. The summed E-state index contributed by atoms with van der Waals surface area (Å²) in [6.07, 6.45) is 1.58. The number of anilines is 2. The Kier molecular flexibility index (Phi) is 4.01. The number of rotatable bonds is 2. The SMILES string of the molecule is Cc1cc(N2CCN(C(=O)Nc3cccs3)CC2)ncn1. The number of nitrogens with zero attached hydrogens (tertiary/aromatic N) is 4. The van der Waals surface area contributed by atoms with E-state index in [1.54, 1.807) is 6.33 Å². The molecule has 2 amide bonds. The largest absolute Gasteiger partial charge is 0.353 e. The number of aromatic nitrogens is 2.